The number of aromatic nitrogens is 3. The first kappa shape index (κ1) is 34.8. The maximum absolute atomic E-state index is 6.47. The summed E-state index contributed by atoms with van der Waals surface area (Å²) in [6.07, 6.45) is 0. The molecule has 0 unspecified atom stereocenters. The third kappa shape index (κ3) is 5.96. The zero-order chi connectivity index (χ0) is 40.3. The molecule has 3 heterocycles. The average Bonchev–Trinajstić information content (AvgIpc) is 3.73. The molecule has 0 radical (unpaired) electrons. The van der Waals surface area contributed by atoms with Gasteiger partial charge >= 0.3 is 0 Å². The van der Waals surface area contributed by atoms with Gasteiger partial charge in [0.25, 0.3) is 0 Å². The number of furan rings is 1. The molecule has 4 nitrogen and oxygen atoms in total. The molecule has 0 aliphatic rings. The lowest BCUT2D eigenvalue weighted by molar-refractivity contribution is 0.669. The average molecular weight is 778 g/mol. The molecule has 0 fully saturated rings. The molecule has 61 heavy (non-hydrogen) atoms. The van der Waals surface area contributed by atoms with Gasteiger partial charge in [-0.25, -0.2) is 15.0 Å². The zero-order valence-electron chi connectivity index (χ0n) is 33.0. The van der Waals surface area contributed by atoms with Crippen LogP contribution in [0.15, 0.2) is 217 Å². The van der Waals surface area contributed by atoms with Crippen LogP contribution in [0.5, 0.6) is 0 Å². The van der Waals surface area contributed by atoms with Crippen molar-refractivity contribution in [1.82, 2.24) is 15.0 Å². The summed E-state index contributed by atoms with van der Waals surface area (Å²) in [7, 11) is 0. The van der Waals surface area contributed by atoms with Crippen LogP contribution in [0.3, 0.4) is 0 Å². The second-order valence-electron chi connectivity index (χ2n) is 15.5. The Balaban J connectivity index is 0.999. The third-order valence-corrected chi connectivity index (χ3v) is 11.9. The van der Waals surface area contributed by atoms with Gasteiger partial charge in [0.05, 0.1) is 22.6 Å². The highest BCUT2D eigenvalue weighted by atomic mass is 16.3. The molecule has 0 amide bonds. The fourth-order valence-corrected chi connectivity index (χ4v) is 8.98. The quantitative estimate of drug-likeness (QED) is 0.158. The van der Waals surface area contributed by atoms with Crippen LogP contribution in [0.25, 0.3) is 122 Å². The number of para-hydroxylation sites is 2. The Morgan fingerprint density at radius 1 is 0.328 bits per heavy atom. The van der Waals surface area contributed by atoms with Crippen LogP contribution in [0.1, 0.15) is 0 Å². The Labute approximate surface area is 352 Å². The molecule has 9 aromatic carbocycles. The van der Waals surface area contributed by atoms with Gasteiger partial charge in [-0.3, -0.25) is 0 Å². The Kier molecular flexibility index (Phi) is 8.13. The van der Waals surface area contributed by atoms with Crippen molar-refractivity contribution in [3.8, 4) is 67.4 Å². The highest BCUT2D eigenvalue weighted by Crippen LogP contribution is 2.44. The van der Waals surface area contributed by atoms with Crippen molar-refractivity contribution in [2.24, 2.45) is 0 Å². The van der Waals surface area contributed by atoms with Crippen LogP contribution in [0.4, 0.5) is 0 Å². The molecule has 12 rings (SSSR count). The van der Waals surface area contributed by atoms with Crippen molar-refractivity contribution in [2.75, 3.05) is 0 Å². The molecule has 0 N–H and O–H groups in total. The summed E-state index contributed by atoms with van der Waals surface area (Å²) in [6.45, 7) is 0. The molecule has 284 valence electrons. The minimum absolute atomic E-state index is 0.682. The maximum Gasteiger partial charge on any atom is 0.160 e. The Morgan fingerprint density at radius 3 is 1.66 bits per heavy atom. The number of hydrogen-bond acceptors (Lipinski definition) is 4. The van der Waals surface area contributed by atoms with E-state index in [1.165, 1.54) is 16.2 Å². The molecule has 0 aliphatic carbocycles. The molecule has 0 saturated heterocycles. The SMILES string of the molecule is c1ccc(-c2cc(-c3ccccc3)nc(-c3ccc(-c4ccc5oc6ccccc6c5c4-c4ccc(-c5nc6ccccc6c6c5ccc5ccccc56)cc4)cc3)n2)cc1. The molecule has 0 spiro atoms. The second kappa shape index (κ2) is 14.3. The largest absolute Gasteiger partial charge is 0.456 e. The Hall–Kier alpha value is -8.21. The molecule has 12 aromatic rings. The van der Waals surface area contributed by atoms with E-state index in [1.54, 1.807) is 0 Å². The van der Waals surface area contributed by atoms with E-state index in [1.807, 2.05) is 48.5 Å². The summed E-state index contributed by atoms with van der Waals surface area (Å²) in [5.41, 5.74) is 14.0. The van der Waals surface area contributed by atoms with Gasteiger partial charge in [0.1, 0.15) is 11.2 Å². The topological polar surface area (TPSA) is 51.8 Å². The number of fused-ring (bicyclic) bond motifs is 8. The van der Waals surface area contributed by atoms with Gasteiger partial charge in [0.2, 0.25) is 0 Å². The summed E-state index contributed by atoms with van der Waals surface area (Å²) in [5.74, 6) is 0.682. The molecule has 0 atom stereocenters. The molecular weight excluding hydrogens is 743 g/mol. The number of hydrogen-bond donors (Lipinski definition) is 0. The first-order valence-corrected chi connectivity index (χ1v) is 20.6. The van der Waals surface area contributed by atoms with Crippen molar-refractivity contribution in [2.45, 2.75) is 0 Å². The van der Waals surface area contributed by atoms with Gasteiger partial charge in [-0.1, -0.05) is 188 Å². The number of rotatable bonds is 6. The van der Waals surface area contributed by atoms with Crippen molar-refractivity contribution in [3.05, 3.63) is 212 Å². The van der Waals surface area contributed by atoms with E-state index in [2.05, 4.69) is 164 Å². The van der Waals surface area contributed by atoms with Crippen LogP contribution in [-0.2, 0) is 0 Å². The first-order valence-electron chi connectivity index (χ1n) is 20.6. The molecule has 0 saturated carbocycles. The lowest BCUT2D eigenvalue weighted by Gasteiger charge is -2.15. The summed E-state index contributed by atoms with van der Waals surface area (Å²) >= 11 is 0. The van der Waals surface area contributed by atoms with Gasteiger partial charge < -0.3 is 4.42 Å². The zero-order valence-corrected chi connectivity index (χ0v) is 33.0. The van der Waals surface area contributed by atoms with Crippen LogP contribution >= 0.6 is 0 Å². The number of nitrogens with zero attached hydrogens (tertiary/aromatic N) is 3. The fraction of sp³-hybridized carbons (Fsp3) is 0. The molecule has 0 bridgehead atoms. The molecule has 0 aliphatic heterocycles. The van der Waals surface area contributed by atoms with Crippen LogP contribution < -0.4 is 0 Å². The van der Waals surface area contributed by atoms with Crippen molar-refractivity contribution >= 4 is 54.4 Å². The van der Waals surface area contributed by atoms with Crippen molar-refractivity contribution < 1.29 is 4.42 Å². The fourth-order valence-electron chi connectivity index (χ4n) is 8.98. The van der Waals surface area contributed by atoms with Crippen LogP contribution in [0, 0.1) is 0 Å². The highest BCUT2D eigenvalue weighted by molar-refractivity contribution is 6.22. The second-order valence-corrected chi connectivity index (χ2v) is 15.5. The first-order chi connectivity index (χ1) is 30.2. The molecule has 4 heteroatoms. The lowest BCUT2D eigenvalue weighted by Crippen LogP contribution is -1.96. The van der Waals surface area contributed by atoms with Crippen LogP contribution in [0.2, 0.25) is 0 Å². The summed E-state index contributed by atoms with van der Waals surface area (Å²) in [5, 5.41) is 8.17. The maximum atomic E-state index is 6.47. The minimum atomic E-state index is 0.682. The minimum Gasteiger partial charge on any atom is -0.456 e. The van der Waals surface area contributed by atoms with E-state index in [-0.39, 0.29) is 0 Å². The van der Waals surface area contributed by atoms with E-state index >= 15 is 0 Å². The highest BCUT2D eigenvalue weighted by Gasteiger charge is 2.20. The van der Waals surface area contributed by atoms with Gasteiger partial charge in [0.15, 0.2) is 5.82 Å². The Bertz CT molecular complexity index is 3540. The standard InChI is InChI=1S/C57H35N3O/c1-3-14-38(15-4-1)49-35-50(39-16-5-2-6-17-39)60-57(59-49)42-29-23-37(24-30-42)44-33-34-52-55(46-20-10-12-22-51(46)61-52)53(44)40-25-27-41(28-26-40)56-47-32-31-36-13-7-8-18-43(36)54(47)45-19-9-11-21-48(45)58-56/h1-35H. The summed E-state index contributed by atoms with van der Waals surface area (Å²) in [4.78, 5) is 15.5. The van der Waals surface area contributed by atoms with Gasteiger partial charge in [-0.2, -0.15) is 0 Å². The predicted octanol–water partition coefficient (Wildman–Crippen LogP) is 15.2. The normalized spacial score (nSPS) is 11.6. The van der Waals surface area contributed by atoms with E-state index in [9.17, 15) is 0 Å². The van der Waals surface area contributed by atoms with E-state index in [0.29, 0.717) is 5.82 Å². The van der Waals surface area contributed by atoms with E-state index in [0.717, 1.165) is 99.8 Å². The number of benzene rings is 9. The van der Waals surface area contributed by atoms with Gasteiger partial charge in [-0.15, -0.1) is 0 Å². The summed E-state index contributed by atoms with van der Waals surface area (Å²) in [6, 6.07) is 74.4. The Morgan fingerprint density at radius 2 is 0.918 bits per heavy atom. The molecular formula is C57H35N3O. The van der Waals surface area contributed by atoms with Gasteiger partial charge in [-0.05, 0) is 51.7 Å². The summed E-state index contributed by atoms with van der Waals surface area (Å²) < 4.78 is 6.47. The van der Waals surface area contributed by atoms with Crippen molar-refractivity contribution in [3.63, 3.8) is 0 Å². The van der Waals surface area contributed by atoms with Crippen LogP contribution in [-0.4, -0.2) is 15.0 Å². The van der Waals surface area contributed by atoms with Gasteiger partial charge in [0, 0.05) is 54.7 Å². The third-order valence-electron chi connectivity index (χ3n) is 11.9. The molecule has 3 aromatic heterocycles. The lowest BCUT2D eigenvalue weighted by atomic mass is 9.89. The smallest absolute Gasteiger partial charge is 0.160 e. The predicted molar refractivity (Wildman–Crippen MR) is 252 cm³/mol. The van der Waals surface area contributed by atoms with E-state index in [4.69, 9.17) is 19.4 Å². The van der Waals surface area contributed by atoms with E-state index < -0.39 is 0 Å². The van der Waals surface area contributed by atoms with Crippen molar-refractivity contribution in [1.29, 1.82) is 0 Å². The monoisotopic (exact) mass is 777 g/mol. The number of pyridine rings is 1.